The van der Waals surface area contributed by atoms with E-state index >= 15 is 0 Å². The number of hydrogen-bond acceptors (Lipinski definition) is 2. The van der Waals surface area contributed by atoms with Gasteiger partial charge in [-0.3, -0.25) is 14.5 Å². The number of carbonyl (C=O) groups excluding carboxylic acids is 2. The zero-order chi connectivity index (χ0) is 18.3. The summed E-state index contributed by atoms with van der Waals surface area (Å²) in [7, 11) is 0. The molecule has 1 fully saturated rings. The molecule has 130 valence electrons. The van der Waals surface area contributed by atoms with Gasteiger partial charge in [-0.1, -0.05) is 86.5 Å². The Morgan fingerprint density at radius 3 is 1.50 bits per heavy atom. The molecular weight excluding hydrogens is 458 g/mol. The highest BCUT2D eigenvalue weighted by Gasteiger charge is 2.72. The third-order valence-electron chi connectivity index (χ3n) is 5.99. The van der Waals surface area contributed by atoms with Crippen LogP contribution in [0.5, 0.6) is 0 Å². The lowest BCUT2D eigenvalue weighted by atomic mass is 9.54. The lowest BCUT2D eigenvalue weighted by Gasteiger charge is -2.55. The van der Waals surface area contributed by atoms with Gasteiger partial charge in [0.15, 0.2) is 0 Å². The van der Waals surface area contributed by atoms with Crippen molar-refractivity contribution in [1.82, 2.24) is 4.90 Å². The van der Waals surface area contributed by atoms with E-state index in [1.165, 1.54) is 4.90 Å². The highest BCUT2D eigenvalue weighted by molar-refractivity contribution is 9.10. The van der Waals surface area contributed by atoms with Crippen LogP contribution in [-0.2, 0) is 18.2 Å². The number of carbonyl (C=O) groups is 2. The van der Waals surface area contributed by atoms with Crippen molar-refractivity contribution in [3.63, 3.8) is 0 Å². The lowest BCUT2D eigenvalue weighted by molar-refractivity contribution is -0.139. The van der Waals surface area contributed by atoms with Crippen molar-refractivity contribution in [3.8, 4) is 0 Å². The van der Waals surface area contributed by atoms with Crippen molar-refractivity contribution in [2.24, 2.45) is 11.8 Å². The van der Waals surface area contributed by atoms with E-state index in [-0.39, 0.29) is 18.4 Å². The molecule has 5 heteroatoms. The molecule has 1 saturated heterocycles. The minimum absolute atomic E-state index is 0.135. The Bertz CT molecular complexity index is 878. The maximum atomic E-state index is 13.3. The van der Waals surface area contributed by atoms with Gasteiger partial charge in [-0.05, 0) is 22.3 Å². The Morgan fingerprint density at radius 1 is 0.846 bits per heavy atom. The normalized spacial score (nSPS) is 33.7. The van der Waals surface area contributed by atoms with Gasteiger partial charge in [0.1, 0.15) is 0 Å². The first-order valence-corrected chi connectivity index (χ1v) is 10.1. The average molecular weight is 473 g/mol. The fourth-order valence-corrected chi connectivity index (χ4v) is 7.34. The number of amides is 2. The number of benzene rings is 2. The summed E-state index contributed by atoms with van der Waals surface area (Å²) in [6, 6.07) is 16.2. The number of alkyl halides is 2. The Kier molecular flexibility index (Phi) is 3.27. The van der Waals surface area contributed by atoms with Gasteiger partial charge < -0.3 is 0 Å². The molecule has 0 saturated carbocycles. The SMILES string of the molecule is C=CCN1C(=O)[C@@H]2[C@@H](C1=O)C1(Br)c3ccccc3C2(Br)c2ccccc21. The second-order valence-corrected chi connectivity index (χ2v) is 9.55. The van der Waals surface area contributed by atoms with Crippen LogP contribution in [0.25, 0.3) is 0 Å². The van der Waals surface area contributed by atoms with Crippen LogP contribution in [-0.4, -0.2) is 23.3 Å². The first-order chi connectivity index (χ1) is 12.5. The zero-order valence-electron chi connectivity index (χ0n) is 13.8. The molecule has 0 radical (unpaired) electrons. The molecule has 4 aliphatic rings. The van der Waals surface area contributed by atoms with Gasteiger partial charge in [-0.2, -0.15) is 0 Å². The average Bonchev–Trinajstić information content (AvgIpc) is 2.92. The van der Waals surface area contributed by atoms with E-state index in [4.69, 9.17) is 0 Å². The monoisotopic (exact) mass is 471 g/mol. The smallest absolute Gasteiger partial charge is 0.235 e. The molecule has 0 aromatic heterocycles. The number of halogens is 2. The minimum Gasteiger partial charge on any atom is -0.278 e. The highest BCUT2D eigenvalue weighted by Crippen LogP contribution is 2.70. The summed E-state index contributed by atoms with van der Waals surface area (Å²) in [4.78, 5) is 28.0. The molecule has 1 aliphatic heterocycles. The zero-order valence-corrected chi connectivity index (χ0v) is 17.0. The number of nitrogens with zero attached hydrogens (tertiary/aromatic N) is 1. The molecule has 0 N–H and O–H groups in total. The number of hydrogen-bond donors (Lipinski definition) is 0. The van der Waals surface area contributed by atoms with Crippen molar-refractivity contribution in [2.75, 3.05) is 6.54 Å². The summed E-state index contributed by atoms with van der Waals surface area (Å²) >= 11 is 7.92. The Hall–Kier alpha value is -1.72. The Labute approximate surface area is 168 Å². The topological polar surface area (TPSA) is 37.4 Å². The summed E-state index contributed by atoms with van der Waals surface area (Å²) in [5, 5.41) is 0. The van der Waals surface area contributed by atoms with E-state index in [9.17, 15) is 9.59 Å². The van der Waals surface area contributed by atoms with E-state index in [1.54, 1.807) is 6.08 Å². The maximum absolute atomic E-state index is 13.3. The van der Waals surface area contributed by atoms with Crippen LogP contribution in [0.4, 0.5) is 0 Å². The first kappa shape index (κ1) is 16.5. The molecule has 2 aromatic rings. The van der Waals surface area contributed by atoms with Crippen molar-refractivity contribution < 1.29 is 9.59 Å². The van der Waals surface area contributed by atoms with Gasteiger partial charge in [0, 0.05) is 6.54 Å². The van der Waals surface area contributed by atoms with Gasteiger partial charge in [-0.25, -0.2) is 0 Å². The van der Waals surface area contributed by atoms with E-state index in [0.717, 1.165) is 22.3 Å². The van der Waals surface area contributed by atoms with Crippen LogP contribution in [0.15, 0.2) is 61.2 Å². The molecule has 3 aliphatic carbocycles. The highest BCUT2D eigenvalue weighted by atomic mass is 79.9. The molecule has 2 aromatic carbocycles. The number of rotatable bonds is 2. The van der Waals surface area contributed by atoms with Crippen LogP contribution in [0.2, 0.25) is 0 Å². The molecule has 2 bridgehead atoms. The third-order valence-corrected chi connectivity index (χ3v) is 8.68. The van der Waals surface area contributed by atoms with Gasteiger partial charge in [0.25, 0.3) is 0 Å². The molecule has 3 nitrogen and oxygen atoms in total. The van der Waals surface area contributed by atoms with Crippen LogP contribution in [0.1, 0.15) is 22.3 Å². The maximum Gasteiger partial charge on any atom is 0.235 e. The van der Waals surface area contributed by atoms with Gasteiger partial charge in [0.05, 0.1) is 20.5 Å². The van der Waals surface area contributed by atoms with E-state index in [0.29, 0.717) is 0 Å². The summed E-state index contributed by atoms with van der Waals surface area (Å²) in [5.41, 5.74) is 4.22. The second-order valence-electron chi connectivity index (χ2n) is 7.05. The van der Waals surface area contributed by atoms with Gasteiger partial charge >= 0.3 is 0 Å². The molecule has 0 unspecified atom stereocenters. The Morgan fingerprint density at radius 2 is 1.19 bits per heavy atom. The molecule has 6 rings (SSSR count). The molecule has 2 atom stereocenters. The fourth-order valence-electron chi connectivity index (χ4n) is 5.03. The molecule has 26 heavy (non-hydrogen) atoms. The lowest BCUT2D eigenvalue weighted by Crippen LogP contribution is -2.56. The first-order valence-electron chi connectivity index (χ1n) is 8.51. The van der Waals surface area contributed by atoms with Crippen molar-refractivity contribution >= 4 is 43.7 Å². The molecule has 2 amide bonds. The Balaban J connectivity index is 1.90. The predicted molar refractivity (Wildman–Crippen MR) is 106 cm³/mol. The summed E-state index contributed by atoms with van der Waals surface area (Å²) in [6.07, 6.45) is 1.61. The van der Waals surface area contributed by atoms with Crippen LogP contribution < -0.4 is 0 Å². The molecule has 1 heterocycles. The standard InChI is InChI=1S/C21H15Br2NO2/c1-2-11-24-18(25)16-17(19(24)26)21(23)13-8-4-3-7-12(13)20(16,22)14-9-5-6-10-15(14)21/h2-10,16-17H,1,11H2/t16-,17-,20?,21?/m0/s1. The van der Waals surface area contributed by atoms with E-state index in [2.05, 4.69) is 62.7 Å². The van der Waals surface area contributed by atoms with Crippen LogP contribution >= 0.6 is 31.9 Å². The second kappa shape index (κ2) is 5.17. The number of imide groups is 1. The summed E-state index contributed by atoms with van der Waals surface area (Å²) < 4.78 is -1.41. The minimum atomic E-state index is -0.705. The third kappa shape index (κ3) is 1.61. The molecular formula is C21H15Br2NO2. The largest absolute Gasteiger partial charge is 0.278 e. The van der Waals surface area contributed by atoms with E-state index < -0.39 is 20.5 Å². The summed E-state index contributed by atoms with van der Waals surface area (Å²) in [6.45, 7) is 3.95. The predicted octanol–water partition coefficient (Wildman–Crippen LogP) is 4.08. The van der Waals surface area contributed by atoms with Gasteiger partial charge in [0.2, 0.25) is 11.8 Å². The van der Waals surface area contributed by atoms with Crippen LogP contribution in [0.3, 0.4) is 0 Å². The molecule has 0 spiro atoms. The summed E-state index contributed by atoms with van der Waals surface area (Å²) in [5.74, 6) is -1.24. The number of likely N-dealkylation sites (tertiary alicyclic amines) is 1. The van der Waals surface area contributed by atoms with Crippen molar-refractivity contribution in [3.05, 3.63) is 83.4 Å². The van der Waals surface area contributed by atoms with Crippen molar-refractivity contribution in [2.45, 2.75) is 8.65 Å². The van der Waals surface area contributed by atoms with E-state index in [1.807, 2.05) is 24.3 Å². The van der Waals surface area contributed by atoms with Crippen molar-refractivity contribution in [1.29, 1.82) is 0 Å². The van der Waals surface area contributed by atoms with Crippen LogP contribution in [0, 0.1) is 11.8 Å². The van der Waals surface area contributed by atoms with Gasteiger partial charge in [-0.15, -0.1) is 6.58 Å². The quantitative estimate of drug-likeness (QED) is 0.375. The fraction of sp³-hybridized carbons (Fsp3) is 0.238.